The van der Waals surface area contributed by atoms with Crippen LogP contribution in [0.2, 0.25) is 0 Å². The zero-order valence-corrected chi connectivity index (χ0v) is 14.6. The molecule has 2 aromatic carbocycles. The third-order valence-electron chi connectivity index (χ3n) is 3.44. The Morgan fingerprint density at radius 2 is 1.76 bits per heavy atom. The van der Waals surface area contributed by atoms with Gasteiger partial charge >= 0.3 is 11.8 Å². The predicted molar refractivity (Wildman–Crippen MR) is 99.8 cm³/mol. The molecule has 2 amide bonds. The molecule has 0 aliphatic rings. The maximum Gasteiger partial charge on any atom is 0.329 e. The topological polar surface area (TPSA) is 83.5 Å². The molecular weight excluding hydrogens is 336 g/mol. The summed E-state index contributed by atoms with van der Waals surface area (Å²) < 4.78 is 1.04. The van der Waals surface area contributed by atoms with Crippen molar-refractivity contribution in [2.45, 2.75) is 13.8 Å². The van der Waals surface area contributed by atoms with E-state index in [9.17, 15) is 9.59 Å². The lowest BCUT2D eigenvalue weighted by Gasteiger charge is -2.04. The first-order valence-electron chi connectivity index (χ1n) is 7.61. The van der Waals surface area contributed by atoms with E-state index < -0.39 is 11.8 Å². The van der Waals surface area contributed by atoms with E-state index in [0.717, 1.165) is 15.8 Å². The number of thiazole rings is 1. The Morgan fingerprint density at radius 3 is 2.48 bits per heavy atom. The number of hydrogen-bond acceptors (Lipinski definition) is 5. The summed E-state index contributed by atoms with van der Waals surface area (Å²) in [7, 11) is 0. The van der Waals surface area contributed by atoms with Crippen LogP contribution in [0.25, 0.3) is 10.2 Å². The van der Waals surface area contributed by atoms with E-state index >= 15 is 0 Å². The average Bonchev–Trinajstić information content (AvgIpc) is 3.05. The Labute approximate surface area is 148 Å². The highest BCUT2D eigenvalue weighted by molar-refractivity contribution is 7.20. The fourth-order valence-electron chi connectivity index (χ4n) is 2.08. The van der Waals surface area contributed by atoms with Gasteiger partial charge in [0.15, 0.2) is 0 Å². The third kappa shape index (κ3) is 4.07. The van der Waals surface area contributed by atoms with Crippen LogP contribution in [0.4, 0.5) is 5.69 Å². The molecule has 0 saturated heterocycles. The van der Waals surface area contributed by atoms with Gasteiger partial charge in [0.05, 0.1) is 15.9 Å². The summed E-state index contributed by atoms with van der Waals surface area (Å²) in [5.41, 5.74) is 5.30. The van der Waals surface area contributed by atoms with E-state index in [1.54, 1.807) is 19.1 Å². The van der Waals surface area contributed by atoms with E-state index in [-0.39, 0.29) is 0 Å². The number of hydrazone groups is 1. The van der Waals surface area contributed by atoms with Crippen LogP contribution < -0.4 is 10.7 Å². The molecule has 0 unspecified atom stereocenters. The molecule has 0 radical (unpaired) electrons. The second kappa shape index (κ2) is 7.23. The first-order valence-corrected chi connectivity index (χ1v) is 8.43. The Kier molecular flexibility index (Phi) is 4.85. The average molecular weight is 352 g/mol. The molecule has 6 nitrogen and oxygen atoms in total. The van der Waals surface area contributed by atoms with Gasteiger partial charge in [0.25, 0.3) is 0 Å². The standard InChI is InChI=1S/C18H16N4O2S/c1-11-7-9-13(10-8-11)19-16(23)17(24)22-21-12(2)18-20-14-5-3-4-6-15(14)25-18/h3-10H,1-2H3,(H,19,23)(H,22,24)/b21-12-. The van der Waals surface area contributed by atoms with E-state index in [2.05, 4.69) is 20.8 Å². The molecule has 126 valence electrons. The van der Waals surface area contributed by atoms with Crippen LogP contribution in [0.15, 0.2) is 53.6 Å². The van der Waals surface area contributed by atoms with Gasteiger partial charge in [-0.15, -0.1) is 11.3 Å². The fraction of sp³-hybridized carbons (Fsp3) is 0.111. The number of nitrogens with zero attached hydrogens (tertiary/aromatic N) is 2. The number of benzene rings is 2. The number of aromatic nitrogens is 1. The number of amides is 2. The van der Waals surface area contributed by atoms with Gasteiger partial charge < -0.3 is 5.32 Å². The van der Waals surface area contributed by atoms with Crippen molar-refractivity contribution in [3.05, 3.63) is 59.1 Å². The third-order valence-corrected chi connectivity index (χ3v) is 4.59. The maximum absolute atomic E-state index is 11.9. The molecule has 0 atom stereocenters. The number of carbonyl (C=O) groups is 2. The van der Waals surface area contributed by atoms with Crippen LogP contribution >= 0.6 is 11.3 Å². The SMILES string of the molecule is C/C(=N/NC(=O)C(=O)Nc1ccc(C)cc1)c1nc2ccccc2s1. The van der Waals surface area contributed by atoms with Gasteiger partial charge in [0, 0.05) is 5.69 Å². The van der Waals surface area contributed by atoms with Gasteiger partial charge in [-0.2, -0.15) is 5.10 Å². The second-order valence-corrected chi connectivity index (χ2v) is 6.48. The zero-order chi connectivity index (χ0) is 17.8. The van der Waals surface area contributed by atoms with Gasteiger partial charge in [-0.1, -0.05) is 29.8 Å². The molecule has 0 bridgehead atoms. The number of aryl methyl sites for hydroxylation is 1. The van der Waals surface area contributed by atoms with Gasteiger partial charge in [-0.3, -0.25) is 9.59 Å². The molecule has 0 aliphatic heterocycles. The highest BCUT2D eigenvalue weighted by atomic mass is 32.1. The van der Waals surface area contributed by atoms with Crippen molar-refractivity contribution in [1.29, 1.82) is 0 Å². The number of hydrogen-bond donors (Lipinski definition) is 2. The number of para-hydroxylation sites is 1. The molecule has 7 heteroatoms. The normalized spacial score (nSPS) is 11.4. The number of fused-ring (bicyclic) bond motifs is 1. The van der Waals surface area contributed by atoms with Crippen LogP contribution in [-0.4, -0.2) is 22.5 Å². The number of nitrogens with one attached hydrogen (secondary N) is 2. The molecule has 1 aromatic heterocycles. The first-order chi connectivity index (χ1) is 12.0. The van der Waals surface area contributed by atoms with Crippen molar-refractivity contribution in [1.82, 2.24) is 10.4 Å². The lowest BCUT2D eigenvalue weighted by Crippen LogP contribution is -2.32. The summed E-state index contributed by atoms with van der Waals surface area (Å²) in [4.78, 5) is 28.2. The number of rotatable bonds is 3. The zero-order valence-electron chi connectivity index (χ0n) is 13.7. The van der Waals surface area contributed by atoms with Crippen LogP contribution in [0.3, 0.4) is 0 Å². The van der Waals surface area contributed by atoms with E-state index in [0.29, 0.717) is 16.4 Å². The Morgan fingerprint density at radius 1 is 1.04 bits per heavy atom. The number of anilines is 1. The molecule has 3 rings (SSSR count). The summed E-state index contributed by atoms with van der Waals surface area (Å²) in [6.45, 7) is 3.67. The fourth-order valence-corrected chi connectivity index (χ4v) is 3.00. The van der Waals surface area contributed by atoms with Crippen molar-refractivity contribution >= 4 is 44.8 Å². The molecule has 0 fully saturated rings. The lowest BCUT2D eigenvalue weighted by molar-refractivity contribution is -0.136. The van der Waals surface area contributed by atoms with Crippen molar-refractivity contribution in [3.63, 3.8) is 0 Å². The monoisotopic (exact) mass is 352 g/mol. The molecule has 25 heavy (non-hydrogen) atoms. The van der Waals surface area contributed by atoms with Crippen molar-refractivity contribution in [2.24, 2.45) is 5.10 Å². The molecular formula is C18H16N4O2S. The molecule has 0 spiro atoms. The molecule has 0 aliphatic carbocycles. The van der Waals surface area contributed by atoms with E-state index in [1.807, 2.05) is 43.3 Å². The minimum Gasteiger partial charge on any atom is -0.318 e. The second-order valence-electron chi connectivity index (χ2n) is 5.45. The van der Waals surface area contributed by atoms with E-state index in [1.165, 1.54) is 11.3 Å². The molecule has 0 saturated carbocycles. The summed E-state index contributed by atoms with van der Waals surface area (Å²) in [5, 5.41) is 7.19. The first kappa shape index (κ1) is 16.8. The van der Waals surface area contributed by atoms with E-state index in [4.69, 9.17) is 0 Å². The molecule has 3 aromatic rings. The van der Waals surface area contributed by atoms with Crippen LogP contribution in [0.5, 0.6) is 0 Å². The van der Waals surface area contributed by atoms with Crippen LogP contribution in [0.1, 0.15) is 17.5 Å². The van der Waals surface area contributed by atoms with Gasteiger partial charge in [-0.25, -0.2) is 10.4 Å². The van der Waals surface area contributed by atoms with Gasteiger partial charge in [0.2, 0.25) is 0 Å². The maximum atomic E-state index is 11.9. The van der Waals surface area contributed by atoms with Crippen molar-refractivity contribution in [3.8, 4) is 0 Å². The van der Waals surface area contributed by atoms with Crippen LogP contribution in [-0.2, 0) is 9.59 Å². The quantitative estimate of drug-likeness (QED) is 0.432. The summed E-state index contributed by atoms with van der Waals surface area (Å²) in [6.07, 6.45) is 0. The van der Waals surface area contributed by atoms with Crippen LogP contribution in [0, 0.1) is 6.92 Å². The van der Waals surface area contributed by atoms with Crippen molar-refractivity contribution < 1.29 is 9.59 Å². The smallest absolute Gasteiger partial charge is 0.318 e. The van der Waals surface area contributed by atoms with Gasteiger partial charge in [0.1, 0.15) is 5.01 Å². The minimum absolute atomic E-state index is 0.540. The Bertz CT molecular complexity index is 928. The summed E-state index contributed by atoms with van der Waals surface area (Å²) >= 11 is 1.48. The Balaban J connectivity index is 1.64. The Hall–Kier alpha value is -3.06. The summed E-state index contributed by atoms with van der Waals surface area (Å²) in [5.74, 6) is -1.61. The van der Waals surface area contributed by atoms with Crippen molar-refractivity contribution in [2.75, 3.05) is 5.32 Å². The minimum atomic E-state index is -0.832. The molecule has 1 heterocycles. The lowest BCUT2D eigenvalue weighted by atomic mass is 10.2. The molecule has 2 N–H and O–H groups in total. The highest BCUT2D eigenvalue weighted by Gasteiger charge is 2.14. The predicted octanol–water partition coefficient (Wildman–Crippen LogP) is 3.08. The highest BCUT2D eigenvalue weighted by Crippen LogP contribution is 2.21. The summed E-state index contributed by atoms with van der Waals surface area (Å²) in [6, 6.07) is 14.9. The van der Waals surface area contributed by atoms with Gasteiger partial charge in [-0.05, 0) is 38.1 Å². The number of carbonyl (C=O) groups excluding carboxylic acids is 2. The largest absolute Gasteiger partial charge is 0.329 e.